The van der Waals surface area contributed by atoms with Crippen LogP contribution < -0.4 is 4.74 Å². The van der Waals surface area contributed by atoms with Crippen molar-refractivity contribution in [2.75, 3.05) is 27.2 Å². The number of aryl methyl sites for hydroxylation is 1. The first-order chi connectivity index (χ1) is 11.0. The summed E-state index contributed by atoms with van der Waals surface area (Å²) in [6.45, 7) is 3.68. The fourth-order valence-electron chi connectivity index (χ4n) is 2.12. The molecule has 0 aliphatic carbocycles. The number of nitrogens with zero attached hydrogens (tertiary/aromatic N) is 2. The molecule has 2 aromatic rings. The van der Waals surface area contributed by atoms with Crippen molar-refractivity contribution in [1.29, 1.82) is 0 Å². The van der Waals surface area contributed by atoms with Crippen molar-refractivity contribution in [2.45, 2.75) is 13.3 Å². The van der Waals surface area contributed by atoms with E-state index in [4.69, 9.17) is 16.3 Å². The molecule has 1 heterocycles. The number of ether oxygens (including phenoxy) is 1. The van der Waals surface area contributed by atoms with Crippen LogP contribution in [0.5, 0.6) is 5.75 Å². The Morgan fingerprint density at radius 2 is 1.83 bits per heavy atom. The molecular formula is C19H23ClN2O. The van der Waals surface area contributed by atoms with Gasteiger partial charge in [0.1, 0.15) is 11.4 Å². The van der Waals surface area contributed by atoms with Crippen molar-refractivity contribution in [3.63, 3.8) is 0 Å². The maximum atomic E-state index is 5.91. The lowest BCUT2D eigenvalue weighted by Gasteiger charge is -2.12. The minimum absolute atomic E-state index is 0.685. The van der Waals surface area contributed by atoms with Crippen LogP contribution in [0.2, 0.25) is 5.02 Å². The first-order valence-electron chi connectivity index (χ1n) is 7.73. The number of halogens is 1. The van der Waals surface area contributed by atoms with Gasteiger partial charge in [-0.1, -0.05) is 29.8 Å². The van der Waals surface area contributed by atoms with E-state index >= 15 is 0 Å². The van der Waals surface area contributed by atoms with E-state index in [0.29, 0.717) is 6.61 Å². The van der Waals surface area contributed by atoms with Gasteiger partial charge in [0.05, 0.1) is 6.61 Å². The zero-order chi connectivity index (χ0) is 16.7. The number of hydrogen-bond acceptors (Lipinski definition) is 3. The van der Waals surface area contributed by atoms with E-state index in [2.05, 4.69) is 24.0 Å². The average molecular weight is 331 g/mol. The van der Waals surface area contributed by atoms with E-state index in [0.717, 1.165) is 40.7 Å². The number of aromatic nitrogens is 1. The number of pyridine rings is 1. The summed E-state index contributed by atoms with van der Waals surface area (Å²) < 4.78 is 5.89. The third-order valence-electron chi connectivity index (χ3n) is 3.34. The topological polar surface area (TPSA) is 25.4 Å². The van der Waals surface area contributed by atoms with E-state index in [1.54, 1.807) is 0 Å². The van der Waals surface area contributed by atoms with Gasteiger partial charge in [-0.3, -0.25) is 0 Å². The van der Waals surface area contributed by atoms with Crippen LogP contribution in [0.4, 0.5) is 0 Å². The molecule has 0 unspecified atom stereocenters. The molecular weight excluding hydrogens is 308 g/mol. The molecule has 0 saturated carbocycles. The minimum Gasteiger partial charge on any atom is -0.491 e. The molecule has 4 heteroatoms. The van der Waals surface area contributed by atoms with E-state index in [9.17, 15) is 0 Å². The Labute approximate surface area is 143 Å². The molecule has 0 amide bonds. The summed E-state index contributed by atoms with van der Waals surface area (Å²) in [6.07, 6.45) is 4.99. The summed E-state index contributed by atoms with van der Waals surface area (Å²) in [5.41, 5.74) is 2.91. The smallest absolute Gasteiger partial charge is 0.144 e. The van der Waals surface area contributed by atoms with Crippen LogP contribution in [-0.2, 0) is 0 Å². The molecule has 23 heavy (non-hydrogen) atoms. The average Bonchev–Trinajstić information content (AvgIpc) is 2.52. The Hall–Kier alpha value is -1.84. The van der Waals surface area contributed by atoms with Gasteiger partial charge in [0.2, 0.25) is 0 Å². The molecule has 0 spiro atoms. The lowest BCUT2D eigenvalue weighted by Crippen LogP contribution is -2.15. The maximum Gasteiger partial charge on any atom is 0.144 e. The highest BCUT2D eigenvalue weighted by Crippen LogP contribution is 2.20. The Morgan fingerprint density at radius 1 is 1.09 bits per heavy atom. The van der Waals surface area contributed by atoms with Crippen molar-refractivity contribution in [3.8, 4) is 5.75 Å². The molecule has 0 bridgehead atoms. The largest absolute Gasteiger partial charge is 0.491 e. The van der Waals surface area contributed by atoms with Crippen LogP contribution in [0.3, 0.4) is 0 Å². The van der Waals surface area contributed by atoms with E-state index in [1.165, 1.54) is 0 Å². The molecule has 0 saturated heterocycles. The molecule has 122 valence electrons. The second-order valence-corrected chi connectivity index (χ2v) is 6.16. The van der Waals surface area contributed by atoms with Crippen molar-refractivity contribution in [3.05, 3.63) is 58.4 Å². The van der Waals surface area contributed by atoms with Crippen LogP contribution in [-0.4, -0.2) is 37.1 Å². The van der Waals surface area contributed by atoms with Gasteiger partial charge in [-0.05, 0) is 63.3 Å². The summed E-state index contributed by atoms with van der Waals surface area (Å²) in [6, 6.07) is 11.7. The summed E-state index contributed by atoms with van der Waals surface area (Å²) >= 11 is 5.91. The SMILES string of the molecule is Cc1ccc(OCCCN(C)C)c(/C=C/c2ccc(Cl)cc2)n1. The highest BCUT2D eigenvalue weighted by Gasteiger charge is 2.03. The van der Waals surface area contributed by atoms with Crippen molar-refractivity contribution < 1.29 is 4.74 Å². The summed E-state index contributed by atoms with van der Waals surface area (Å²) in [5.74, 6) is 0.819. The van der Waals surface area contributed by atoms with Gasteiger partial charge in [0.25, 0.3) is 0 Å². The van der Waals surface area contributed by atoms with E-state index in [1.807, 2.05) is 55.5 Å². The zero-order valence-electron chi connectivity index (χ0n) is 13.9. The van der Waals surface area contributed by atoms with Crippen molar-refractivity contribution in [1.82, 2.24) is 9.88 Å². The van der Waals surface area contributed by atoms with Crippen LogP contribution >= 0.6 is 11.6 Å². The van der Waals surface area contributed by atoms with Gasteiger partial charge in [-0.2, -0.15) is 0 Å². The van der Waals surface area contributed by atoms with Crippen LogP contribution in [0.1, 0.15) is 23.4 Å². The first kappa shape index (κ1) is 17.5. The third kappa shape index (κ3) is 6.05. The lowest BCUT2D eigenvalue weighted by atomic mass is 10.2. The second-order valence-electron chi connectivity index (χ2n) is 5.73. The Kier molecular flexibility index (Phi) is 6.63. The highest BCUT2D eigenvalue weighted by molar-refractivity contribution is 6.30. The molecule has 1 aromatic heterocycles. The Morgan fingerprint density at radius 3 is 2.52 bits per heavy atom. The van der Waals surface area contributed by atoms with Gasteiger partial charge in [-0.25, -0.2) is 4.98 Å². The highest BCUT2D eigenvalue weighted by atomic mass is 35.5. The number of benzene rings is 1. The quantitative estimate of drug-likeness (QED) is 0.697. The first-order valence-corrected chi connectivity index (χ1v) is 8.11. The predicted octanol–water partition coefficient (Wildman–Crippen LogP) is 4.54. The standard InChI is InChI=1S/C19H23ClN2O/c1-15-5-12-19(23-14-4-13-22(2)3)18(21-15)11-8-16-6-9-17(20)10-7-16/h5-12H,4,13-14H2,1-3H3/b11-8+. The molecule has 0 atom stereocenters. The minimum atomic E-state index is 0.685. The molecule has 0 radical (unpaired) electrons. The van der Waals surface area contributed by atoms with Gasteiger partial charge in [0.15, 0.2) is 0 Å². The molecule has 0 aliphatic rings. The van der Waals surface area contributed by atoms with E-state index in [-0.39, 0.29) is 0 Å². The fraction of sp³-hybridized carbons (Fsp3) is 0.316. The van der Waals surface area contributed by atoms with Crippen molar-refractivity contribution >= 4 is 23.8 Å². The zero-order valence-corrected chi connectivity index (χ0v) is 14.7. The summed E-state index contributed by atoms with van der Waals surface area (Å²) in [5, 5.41) is 0.737. The molecule has 1 aromatic carbocycles. The molecule has 0 fully saturated rings. The second kappa shape index (κ2) is 8.70. The molecule has 2 rings (SSSR count). The monoisotopic (exact) mass is 330 g/mol. The Balaban J connectivity index is 2.07. The lowest BCUT2D eigenvalue weighted by molar-refractivity contribution is 0.280. The normalized spacial score (nSPS) is 11.3. The fourth-order valence-corrected chi connectivity index (χ4v) is 2.24. The summed E-state index contributed by atoms with van der Waals surface area (Å²) in [4.78, 5) is 6.72. The molecule has 0 aliphatic heterocycles. The molecule has 0 N–H and O–H groups in total. The maximum absolute atomic E-state index is 5.91. The van der Waals surface area contributed by atoms with Gasteiger partial charge < -0.3 is 9.64 Å². The third-order valence-corrected chi connectivity index (χ3v) is 3.59. The van der Waals surface area contributed by atoms with Crippen LogP contribution in [0, 0.1) is 6.92 Å². The van der Waals surface area contributed by atoms with Crippen LogP contribution in [0.25, 0.3) is 12.2 Å². The molecule has 3 nitrogen and oxygen atoms in total. The Bertz CT molecular complexity index is 651. The van der Waals surface area contributed by atoms with E-state index < -0.39 is 0 Å². The number of hydrogen-bond donors (Lipinski definition) is 0. The number of rotatable bonds is 7. The van der Waals surface area contributed by atoms with Crippen molar-refractivity contribution in [2.24, 2.45) is 0 Å². The van der Waals surface area contributed by atoms with Gasteiger partial charge in [0, 0.05) is 17.3 Å². The predicted molar refractivity (Wildman–Crippen MR) is 98.0 cm³/mol. The van der Waals surface area contributed by atoms with Gasteiger partial charge in [-0.15, -0.1) is 0 Å². The van der Waals surface area contributed by atoms with Gasteiger partial charge >= 0.3 is 0 Å². The summed E-state index contributed by atoms with van der Waals surface area (Å²) in [7, 11) is 4.13. The van der Waals surface area contributed by atoms with Crippen LogP contribution in [0.15, 0.2) is 36.4 Å².